The van der Waals surface area contributed by atoms with Crippen LogP contribution in [0.15, 0.2) is 12.3 Å². The predicted octanol–water partition coefficient (Wildman–Crippen LogP) is 2.94. The van der Waals surface area contributed by atoms with E-state index in [2.05, 4.69) is 15.3 Å². The monoisotopic (exact) mass is 303 g/mol. The van der Waals surface area contributed by atoms with Crippen molar-refractivity contribution in [2.45, 2.75) is 44.3 Å². The number of alkyl halides is 3. The second kappa shape index (κ2) is 6.28. The number of hydrogen-bond acceptors (Lipinski definition) is 4. The Kier molecular flexibility index (Phi) is 4.64. The van der Waals surface area contributed by atoms with Crippen molar-refractivity contribution < 1.29 is 23.1 Å². The molecule has 0 amide bonds. The summed E-state index contributed by atoms with van der Waals surface area (Å²) < 4.78 is 37.8. The molecule has 1 aliphatic rings. The van der Waals surface area contributed by atoms with Crippen LogP contribution in [-0.2, 0) is 11.0 Å². The lowest BCUT2D eigenvalue weighted by Gasteiger charge is -2.28. The quantitative estimate of drug-likeness (QED) is 0.894. The van der Waals surface area contributed by atoms with Crippen LogP contribution in [0, 0.1) is 5.92 Å². The molecular formula is C13H16F3N3O2. The first-order chi connectivity index (χ1) is 9.88. The van der Waals surface area contributed by atoms with Crippen molar-refractivity contribution in [3.05, 3.63) is 18.0 Å². The lowest BCUT2D eigenvalue weighted by molar-refractivity contribution is -0.141. The van der Waals surface area contributed by atoms with Gasteiger partial charge in [0.1, 0.15) is 11.7 Å². The Morgan fingerprint density at radius 2 is 2.00 bits per heavy atom. The lowest BCUT2D eigenvalue weighted by atomic mass is 9.84. The van der Waals surface area contributed by atoms with E-state index < -0.39 is 23.9 Å². The Balaban J connectivity index is 2.15. The van der Waals surface area contributed by atoms with E-state index in [1.165, 1.54) is 0 Å². The predicted molar refractivity (Wildman–Crippen MR) is 68.7 cm³/mol. The zero-order chi connectivity index (χ0) is 15.5. The fraction of sp³-hybridized carbons (Fsp3) is 0.615. The Bertz CT molecular complexity index is 502. The van der Waals surface area contributed by atoms with Gasteiger partial charge in [0.2, 0.25) is 5.95 Å². The molecule has 0 saturated heterocycles. The number of carboxylic acid groups (broad SMARTS) is 1. The van der Waals surface area contributed by atoms with E-state index in [1.807, 2.05) is 0 Å². The number of carbonyl (C=O) groups is 1. The third-order valence-electron chi connectivity index (χ3n) is 3.62. The molecule has 5 nitrogen and oxygen atoms in total. The highest BCUT2D eigenvalue weighted by Gasteiger charge is 2.34. The van der Waals surface area contributed by atoms with Gasteiger partial charge in [-0.2, -0.15) is 13.2 Å². The van der Waals surface area contributed by atoms with E-state index >= 15 is 0 Å². The molecule has 1 unspecified atom stereocenters. The number of halogens is 3. The molecule has 0 aromatic carbocycles. The summed E-state index contributed by atoms with van der Waals surface area (Å²) in [5.41, 5.74) is -1.09. The van der Waals surface area contributed by atoms with Crippen LogP contribution in [0.25, 0.3) is 0 Å². The van der Waals surface area contributed by atoms with Crippen molar-refractivity contribution in [1.29, 1.82) is 0 Å². The molecule has 0 radical (unpaired) electrons. The zero-order valence-corrected chi connectivity index (χ0v) is 11.2. The lowest BCUT2D eigenvalue weighted by Crippen LogP contribution is -2.38. The van der Waals surface area contributed by atoms with Crippen LogP contribution in [0.2, 0.25) is 0 Å². The molecule has 1 aromatic heterocycles. The molecule has 0 spiro atoms. The number of aliphatic carboxylic acids is 1. The fourth-order valence-electron chi connectivity index (χ4n) is 2.57. The van der Waals surface area contributed by atoms with Crippen molar-refractivity contribution in [1.82, 2.24) is 9.97 Å². The van der Waals surface area contributed by atoms with Crippen molar-refractivity contribution in [2.75, 3.05) is 5.32 Å². The maximum absolute atomic E-state index is 12.6. The van der Waals surface area contributed by atoms with E-state index in [4.69, 9.17) is 0 Å². The van der Waals surface area contributed by atoms with Crippen LogP contribution in [0.4, 0.5) is 19.1 Å². The largest absolute Gasteiger partial charge is 0.480 e. The minimum Gasteiger partial charge on any atom is -0.480 e. The standard InChI is InChI=1S/C13H16F3N3O2/c14-13(15,16)9-6-7-17-12(18-9)19-10(11(20)21)8-4-2-1-3-5-8/h6-8,10H,1-5H2,(H,20,21)(H,17,18,19). The fourth-order valence-corrected chi connectivity index (χ4v) is 2.57. The highest BCUT2D eigenvalue weighted by molar-refractivity contribution is 5.77. The Hall–Kier alpha value is -1.86. The molecule has 116 valence electrons. The van der Waals surface area contributed by atoms with E-state index in [1.54, 1.807) is 0 Å². The third kappa shape index (κ3) is 4.05. The maximum atomic E-state index is 12.6. The van der Waals surface area contributed by atoms with Gasteiger partial charge in [0.25, 0.3) is 0 Å². The summed E-state index contributed by atoms with van der Waals surface area (Å²) in [4.78, 5) is 18.4. The summed E-state index contributed by atoms with van der Waals surface area (Å²) in [7, 11) is 0. The first-order valence-electron chi connectivity index (χ1n) is 6.77. The molecule has 1 aromatic rings. The Morgan fingerprint density at radius 1 is 1.33 bits per heavy atom. The summed E-state index contributed by atoms with van der Waals surface area (Å²) in [5.74, 6) is -1.51. The number of nitrogens with one attached hydrogen (secondary N) is 1. The molecule has 0 aliphatic heterocycles. The summed E-state index contributed by atoms with van der Waals surface area (Å²) in [6.45, 7) is 0. The van der Waals surface area contributed by atoms with Crippen LogP contribution in [0.5, 0.6) is 0 Å². The second-order valence-corrected chi connectivity index (χ2v) is 5.12. The molecule has 2 N–H and O–H groups in total. The summed E-state index contributed by atoms with van der Waals surface area (Å²) >= 11 is 0. The van der Waals surface area contributed by atoms with Gasteiger partial charge in [0, 0.05) is 6.20 Å². The molecule has 1 heterocycles. The second-order valence-electron chi connectivity index (χ2n) is 5.12. The molecule has 1 aliphatic carbocycles. The molecule has 2 rings (SSSR count). The van der Waals surface area contributed by atoms with Crippen LogP contribution in [0.3, 0.4) is 0 Å². The van der Waals surface area contributed by atoms with Crippen molar-refractivity contribution in [2.24, 2.45) is 5.92 Å². The van der Waals surface area contributed by atoms with E-state index in [0.29, 0.717) is 0 Å². The average molecular weight is 303 g/mol. The first kappa shape index (κ1) is 15.5. The molecule has 21 heavy (non-hydrogen) atoms. The third-order valence-corrected chi connectivity index (χ3v) is 3.62. The van der Waals surface area contributed by atoms with Gasteiger partial charge in [-0.3, -0.25) is 0 Å². The number of nitrogens with zero attached hydrogens (tertiary/aromatic N) is 2. The number of carboxylic acids is 1. The number of hydrogen-bond donors (Lipinski definition) is 2. The Labute approximate surface area is 119 Å². The highest BCUT2D eigenvalue weighted by atomic mass is 19.4. The number of anilines is 1. The molecule has 8 heteroatoms. The van der Waals surface area contributed by atoms with Crippen molar-refractivity contribution >= 4 is 11.9 Å². The Morgan fingerprint density at radius 3 is 2.57 bits per heavy atom. The van der Waals surface area contributed by atoms with E-state index in [0.717, 1.165) is 44.4 Å². The van der Waals surface area contributed by atoms with Gasteiger partial charge in [-0.25, -0.2) is 14.8 Å². The average Bonchev–Trinajstić information content (AvgIpc) is 2.45. The van der Waals surface area contributed by atoms with Gasteiger partial charge in [-0.15, -0.1) is 0 Å². The van der Waals surface area contributed by atoms with E-state index in [-0.39, 0.29) is 11.9 Å². The van der Waals surface area contributed by atoms with Crippen molar-refractivity contribution in [3.63, 3.8) is 0 Å². The van der Waals surface area contributed by atoms with Gasteiger partial charge in [0.15, 0.2) is 0 Å². The van der Waals surface area contributed by atoms with Gasteiger partial charge in [0.05, 0.1) is 0 Å². The SMILES string of the molecule is O=C(O)C(Nc1nccc(C(F)(F)F)n1)C1CCCCC1. The summed E-state index contributed by atoms with van der Waals surface area (Å²) in [6, 6.07) is -0.213. The number of rotatable bonds is 4. The van der Waals surface area contributed by atoms with Crippen LogP contribution in [-0.4, -0.2) is 27.1 Å². The minimum absolute atomic E-state index is 0.116. The van der Waals surface area contributed by atoms with Crippen LogP contribution in [0.1, 0.15) is 37.8 Å². The van der Waals surface area contributed by atoms with Crippen molar-refractivity contribution in [3.8, 4) is 0 Å². The molecular weight excluding hydrogens is 287 g/mol. The van der Waals surface area contributed by atoms with Crippen LogP contribution < -0.4 is 5.32 Å². The smallest absolute Gasteiger partial charge is 0.433 e. The van der Waals surface area contributed by atoms with Gasteiger partial charge in [-0.05, 0) is 24.8 Å². The molecule has 1 saturated carbocycles. The maximum Gasteiger partial charge on any atom is 0.433 e. The van der Waals surface area contributed by atoms with Crippen LogP contribution >= 0.6 is 0 Å². The van der Waals surface area contributed by atoms with Gasteiger partial charge >= 0.3 is 12.1 Å². The van der Waals surface area contributed by atoms with Gasteiger partial charge in [-0.1, -0.05) is 19.3 Å². The topological polar surface area (TPSA) is 75.1 Å². The minimum atomic E-state index is -4.58. The first-order valence-corrected chi connectivity index (χ1v) is 6.77. The zero-order valence-electron chi connectivity index (χ0n) is 11.2. The van der Waals surface area contributed by atoms with Gasteiger partial charge < -0.3 is 10.4 Å². The molecule has 1 fully saturated rings. The normalized spacial score (nSPS) is 18.2. The van der Waals surface area contributed by atoms with E-state index in [9.17, 15) is 23.1 Å². The number of aromatic nitrogens is 2. The molecule has 0 bridgehead atoms. The summed E-state index contributed by atoms with van der Waals surface area (Å²) in [6.07, 6.45) is 0.786. The summed E-state index contributed by atoms with van der Waals surface area (Å²) in [5, 5.41) is 11.8. The molecule has 1 atom stereocenters. The highest BCUT2D eigenvalue weighted by Crippen LogP contribution is 2.30.